The molecule has 1 aromatic heterocycles. The van der Waals surface area contributed by atoms with Crippen LogP contribution < -0.4 is 5.32 Å². The van der Waals surface area contributed by atoms with E-state index in [1.165, 1.54) is 6.42 Å². The van der Waals surface area contributed by atoms with E-state index in [1.807, 2.05) is 24.8 Å². The molecule has 0 bridgehead atoms. The predicted molar refractivity (Wildman–Crippen MR) is 86.6 cm³/mol. The van der Waals surface area contributed by atoms with E-state index in [1.54, 1.807) is 6.20 Å². The number of nitrogens with one attached hydrogen (secondary N) is 1. The Morgan fingerprint density at radius 1 is 1.43 bits per heavy atom. The van der Waals surface area contributed by atoms with Gasteiger partial charge in [0.15, 0.2) is 0 Å². The van der Waals surface area contributed by atoms with Crippen molar-refractivity contribution < 1.29 is 4.79 Å². The summed E-state index contributed by atoms with van der Waals surface area (Å²) in [6, 6.07) is 2.24. The SMILES string of the molecule is CCNc1cc(C)ncc1C(=O)N1CC(C)CC(C)C1C. The number of amides is 1. The van der Waals surface area contributed by atoms with Crippen LogP contribution in [0.15, 0.2) is 12.3 Å². The molecule has 0 aromatic carbocycles. The highest BCUT2D eigenvalue weighted by Gasteiger charge is 2.33. The predicted octanol–water partition coefficient (Wildman–Crippen LogP) is 3.33. The van der Waals surface area contributed by atoms with Crippen molar-refractivity contribution in [3.63, 3.8) is 0 Å². The van der Waals surface area contributed by atoms with Crippen molar-refractivity contribution in [2.75, 3.05) is 18.4 Å². The minimum Gasteiger partial charge on any atom is -0.385 e. The van der Waals surface area contributed by atoms with Gasteiger partial charge in [0.2, 0.25) is 0 Å². The molecule has 1 aromatic rings. The molecule has 0 aliphatic carbocycles. The zero-order valence-corrected chi connectivity index (χ0v) is 13.8. The van der Waals surface area contributed by atoms with Gasteiger partial charge in [-0.2, -0.15) is 0 Å². The molecule has 0 saturated carbocycles. The zero-order valence-electron chi connectivity index (χ0n) is 13.8. The molecule has 116 valence electrons. The van der Waals surface area contributed by atoms with E-state index in [0.717, 1.165) is 24.5 Å². The van der Waals surface area contributed by atoms with Crippen LogP contribution in [-0.2, 0) is 0 Å². The van der Waals surface area contributed by atoms with E-state index >= 15 is 0 Å². The summed E-state index contributed by atoms with van der Waals surface area (Å²) < 4.78 is 0. The van der Waals surface area contributed by atoms with Crippen LogP contribution in [0.5, 0.6) is 0 Å². The molecule has 2 rings (SSSR count). The largest absolute Gasteiger partial charge is 0.385 e. The van der Waals surface area contributed by atoms with Gasteiger partial charge in [-0.25, -0.2) is 0 Å². The van der Waals surface area contributed by atoms with Crippen LogP contribution in [0.2, 0.25) is 0 Å². The molecule has 1 aliphatic heterocycles. The topological polar surface area (TPSA) is 45.2 Å². The molecule has 4 nitrogen and oxygen atoms in total. The third-order valence-corrected chi connectivity index (χ3v) is 4.50. The first-order valence-corrected chi connectivity index (χ1v) is 7.95. The Morgan fingerprint density at radius 3 is 2.81 bits per heavy atom. The molecule has 1 saturated heterocycles. The number of anilines is 1. The van der Waals surface area contributed by atoms with Crippen LogP contribution in [0.1, 0.15) is 50.2 Å². The van der Waals surface area contributed by atoms with E-state index in [9.17, 15) is 4.79 Å². The number of pyridine rings is 1. The summed E-state index contributed by atoms with van der Waals surface area (Å²) in [5.74, 6) is 1.20. The second-order valence-electron chi connectivity index (χ2n) is 6.42. The number of hydrogen-bond acceptors (Lipinski definition) is 3. The standard InChI is InChI=1S/C17H27N3O/c1-6-18-16-8-13(4)19-9-15(16)17(21)20-10-11(2)7-12(3)14(20)5/h8-9,11-12,14H,6-7,10H2,1-5H3,(H,18,19). The molecule has 1 fully saturated rings. The van der Waals surface area contributed by atoms with Gasteiger partial charge >= 0.3 is 0 Å². The number of carbonyl (C=O) groups is 1. The quantitative estimate of drug-likeness (QED) is 0.928. The second kappa shape index (κ2) is 6.46. The van der Waals surface area contributed by atoms with E-state index < -0.39 is 0 Å². The molecule has 0 spiro atoms. The van der Waals surface area contributed by atoms with Crippen LogP contribution in [0.25, 0.3) is 0 Å². The highest BCUT2D eigenvalue weighted by Crippen LogP contribution is 2.29. The lowest BCUT2D eigenvalue weighted by Crippen LogP contribution is -2.49. The number of aryl methyl sites for hydroxylation is 1. The van der Waals surface area contributed by atoms with Crippen LogP contribution in [-0.4, -0.2) is 34.9 Å². The van der Waals surface area contributed by atoms with Crippen LogP contribution >= 0.6 is 0 Å². The zero-order chi connectivity index (χ0) is 15.6. The minimum atomic E-state index is 0.101. The van der Waals surface area contributed by atoms with E-state index in [0.29, 0.717) is 17.4 Å². The lowest BCUT2D eigenvalue weighted by molar-refractivity contribution is 0.0456. The number of piperidine rings is 1. The molecule has 1 amide bonds. The third kappa shape index (κ3) is 3.36. The number of carbonyl (C=O) groups excluding carboxylic acids is 1. The van der Waals surface area contributed by atoms with Crippen molar-refractivity contribution in [1.29, 1.82) is 0 Å². The molecule has 0 radical (unpaired) electrons. The smallest absolute Gasteiger partial charge is 0.257 e. The van der Waals surface area contributed by atoms with Crippen molar-refractivity contribution in [3.05, 3.63) is 23.5 Å². The monoisotopic (exact) mass is 289 g/mol. The Labute approximate surface area is 127 Å². The number of hydrogen-bond donors (Lipinski definition) is 1. The Balaban J connectivity index is 2.30. The van der Waals surface area contributed by atoms with Gasteiger partial charge < -0.3 is 10.2 Å². The van der Waals surface area contributed by atoms with Crippen molar-refractivity contribution >= 4 is 11.6 Å². The number of nitrogens with zero attached hydrogens (tertiary/aromatic N) is 2. The van der Waals surface area contributed by atoms with Gasteiger partial charge in [0, 0.05) is 31.0 Å². The molecule has 1 N–H and O–H groups in total. The average Bonchev–Trinajstić information content (AvgIpc) is 2.43. The lowest BCUT2D eigenvalue weighted by Gasteiger charge is -2.41. The highest BCUT2D eigenvalue weighted by molar-refractivity contribution is 5.99. The Bertz CT molecular complexity index is 515. The molecule has 2 heterocycles. The van der Waals surface area contributed by atoms with Gasteiger partial charge in [-0.05, 0) is 45.1 Å². The van der Waals surface area contributed by atoms with E-state index in [4.69, 9.17) is 0 Å². The number of rotatable bonds is 3. The summed E-state index contributed by atoms with van der Waals surface area (Å²) in [7, 11) is 0. The molecule has 4 heteroatoms. The molecule has 3 atom stereocenters. The summed E-state index contributed by atoms with van der Waals surface area (Å²) in [5.41, 5.74) is 2.51. The van der Waals surface area contributed by atoms with Crippen molar-refractivity contribution in [2.45, 2.75) is 47.1 Å². The summed E-state index contributed by atoms with van der Waals surface area (Å²) in [4.78, 5) is 19.3. The first kappa shape index (κ1) is 15.8. The lowest BCUT2D eigenvalue weighted by atomic mass is 9.85. The molecule has 1 aliphatic rings. The van der Waals surface area contributed by atoms with Gasteiger partial charge in [0.25, 0.3) is 5.91 Å². The fourth-order valence-electron chi connectivity index (χ4n) is 3.20. The van der Waals surface area contributed by atoms with Gasteiger partial charge in [-0.3, -0.25) is 9.78 Å². The minimum absolute atomic E-state index is 0.101. The summed E-state index contributed by atoms with van der Waals surface area (Å²) in [6.45, 7) is 12.2. The van der Waals surface area contributed by atoms with Crippen molar-refractivity contribution in [1.82, 2.24) is 9.88 Å². The van der Waals surface area contributed by atoms with Crippen LogP contribution in [0.4, 0.5) is 5.69 Å². The fraction of sp³-hybridized carbons (Fsp3) is 0.647. The summed E-state index contributed by atoms with van der Waals surface area (Å²) >= 11 is 0. The molecular formula is C17H27N3O. The Hall–Kier alpha value is -1.58. The van der Waals surface area contributed by atoms with Gasteiger partial charge in [-0.1, -0.05) is 13.8 Å². The van der Waals surface area contributed by atoms with Crippen molar-refractivity contribution in [2.24, 2.45) is 11.8 Å². The van der Waals surface area contributed by atoms with Gasteiger partial charge in [0.1, 0.15) is 0 Å². The molecule has 21 heavy (non-hydrogen) atoms. The van der Waals surface area contributed by atoms with Gasteiger partial charge in [0.05, 0.1) is 11.3 Å². The molecular weight excluding hydrogens is 262 g/mol. The van der Waals surface area contributed by atoms with Crippen LogP contribution in [0.3, 0.4) is 0 Å². The Kier molecular flexibility index (Phi) is 4.86. The van der Waals surface area contributed by atoms with Crippen molar-refractivity contribution in [3.8, 4) is 0 Å². The normalized spacial score (nSPS) is 25.8. The molecule has 3 unspecified atom stereocenters. The van der Waals surface area contributed by atoms with E-state index in [2.05, 4.69) is 31.1 Å². The maximum absolute atomic E-state index is 13.0. The number of aromatic nitrogens is 1. The summed E-state index contributed by atoms with van der Waals surface area (Å²) in [5, 5.41) is 3.29. The average molecular weight is 289 g/mol. The van der Waals surface area contributed by atoms with E-state index in [-0.39, 0.29) is 11.9 Å². The second-order valence-corrected chi connectivity index (χ2v) is 6.42. The first-order valence-electron chi connectivity index (χ1n) is 7.95. The highest BCUT2D eigenvalue weighted by atomic mass is 16.2. The van der Waals surface area contributed by atoms with Gasteiger partial charge in [-0.15, -0.1) is 0 Å². The third-order valence-electron chi connectivity index (χ3n) is 4.50. The number of likely N-dealkylation sites (tertiary alicyclic amines) is 1. The van der Waals surface area contributed by atoms with Crippen LogP contribution in [0, 0.1) is 18.8 Å². The maximum Gasteiger partial charge on any atom is 0.257 e. The maximum atomic E-state index is 13.0. The fourth-order valence-corrected chi connectivity index (χ4v) is 3.20. The Morgan fingerprint density at radius 2 is 2.14 bits per heavy atom. The first-order chi connectivity index (χ1) is 9.93. The summed E-state index contributed by atoms with van der Waals surface area (Å²) in [6.07, 6.45) is 2.91.